The van der Waals surface area contributed by atoms with Gasteiger partial charge in [-0.2, -0.15) is 4.98 Å². The number of nitrogens with two attached hydrogens (primary N) is 1. The van der Waals surface area contributed by atoms with Crippen molar-refractivity contribution in [1.82, 2.24) is 24.1 Å². The minimum absolute atomic E-state index is 0.0233. The van der Waals surface area contributed by atoms with E-state index in [1.165, 1.54) is 4.52 Å². The molecule has 0 fully saturated rings. The molecule has 0 aliphatic carbocycles. The topological polar surface area (TPSA) is 111 Å². The lowest BCUT2D eigenvalue weighted by molar-refractivity contribution is 0.0687. The number of benzene rings is 1. The highest BCUT2D eigenvalue weighted by Gasteiger charge is 2.19. The third-order valence-electron chi connectivity index (χ3n) is 3.41. The monoisotopic (exact) mass is 294 g/mol. The number of aromatic carboxylic acids is 1. The van der Waals surface area contributed by atoms with Crippen molar-refractivity contribution in [1.29, 1.82) is 0 Å². The molecule has 8 heteroatoms. The van der Waals surface area contributed by atoms with Gasteiger partial charge in [-0.25, -0.2) is 14.3 Å². The number of pyridine rings is 1. The number of rotatable bonds is 2. The van der Waals surface area contributed by atoms with E-state index in [0.29, 0.717) is 11.3 Å². The van der Waals surface area contributed by atoms with Crippen LogP contribution in [0.5, 0.6) is 0 Å². The first-order chi connectivity index (χ1) is 10.6. The zero-order valence-electron chi connectivity index (χ0n) is 11.2. The zero-order chi connectivity index (χ0) is 15.3. The first-order valence-corrected chi connectivity index (χ1v) is 6.46. The number of carboxylic acid groups (broad SMARTS) is 1. The first kappa shape index (κ1) is 12.3. The van der Waals surface area contributed by atoms with Crippen LogP contribution in [0.25, 0.3) is 22.4 Å². The molecule has 22 heavy (non-hydrogen) atoms. The number of nitrogens with zero attached hydrogens (tertiary/aromatic N) is 5. The molecule has 8 nitrogen and oxygen atoms in total. The number of carboxylic acids is 1. The largest absolute Gasteiger partial charge is 0.476 e. The molecule has 0 saturated heterocycles. The van der Waals surface area contributed by atoms with Gasteiger partial charge in [0.15, 0.2) is 11.3 Å². The van der Waals surface area contributed by atoms with Crippen molar-refractivity contribution in [3.63, 3.8) is 0 Å². The van der Waals surface area contributed by atoms with Crippen LogP contribution in [0.15, 0.2) is 42.7 Å². The Morgan fingerprint density at radius 1 is 1.18 bits per heavy atom. The summed E-state index contributed by atoms with van der Waals surface area (Å²) in [6.07, 6.45) is 1.58. The van der Waals surface area contributed by atoms with Gasteiger partial charge in [0.05, 0.1) is 16.7 Å². The Bertz CT molecular complexity index is 1030. The highest BCUT2D eigenvalue weighted by Crippen LogP contribution is 2.22. The molecule has 0 spiro atoms. The molecule has 108 valence electrons. The van der Waals surface area contributed by atoms with Gasteiger partial charge in [-0.05, 0) is 24.3 Å². The summed E-state index contributed by atoms with van der Waals surface area (Å²) in [5.74, 6) is -1.10. The second kappa shape index (κ2) is 4.29. The molecule has 3 N–H and O–H groups in total. The maximum atomic E-state index is 11.7. The first-order valence-electron chi connectivity index (χ1n) is 6.46. The average molecular weight is 294 g/mol. The molecule has 0 aliphatic heterocycles. The lowest BCUT2D eigenvalue weighted by Gasteiger charge is -2.09. The summed E-state index contributed by atoms with van der Waals surface area (Å²) in [4.78, 5) is 20.0. The normalized spacial score (nSPS) is 11.3. The van der Waals surface area contributed by atoms with E-state index < -0.39 is 5.97 Å². The molecule has 3 aromatic heterocycles. The minimum atomic E-state index is -1.12. The number of para-hydroxylation sites is 2. The van der Waals surface area contributed by atoms with E-state index in [4.69, 9.17) is 5.73 Å². The molecule has 4 aromatic rings. The number of nitrogen functional groups attached to an aromatic ring is 1. The van der Waals surface area contributed by atoms with E-state index in [-0.39, 0.29) is 11.6 Å². The Morgan fingerprint density at radius 3 is 2.82 bits per heavy atom. The van der Waals surface area contributed by atoms with E-state index >= 15 is 0 Å². The molecule has 0 aliphatic rings. The van der Waals surface area contributed by atoms with Crippen LogP contribution < -0.4 is 5.73 Å². The van der Waals surface area contributed by atoms with Gasteiger partial charge in [0.1, 0.15) is 6.33 Å². The van der Waals surface area contributed by atoms with Gasteiger partial charge in [0, 0.05) is 0 Å². The molecule has 1 aromatic carbocycles. The van der Waals surface area contributed by atoms with Crippen molar-refractivity contribution >= 4 is 28.6 Å². The van der Waals surface area contributed by atoms with E-state index in [9.17, 15) is 9.90 Å². The fraction of sp³-hybridized carbons (Fsp3) is 0. The predicted molar refractivity (Wildman–Crippen MR) is 79.0 cm³/mol. The summed E-state index contributed by atoms with van der Waals surface area (Å²) in [6, 6.07) is 10.8. The van der Waals surface area contributed by atoms with E-state index in [1.807, 2.05) is 24.3 Å². The number of imidazole rings is 1. The number of carbonyl (C=O) groups is 1. The summed E-state index contributed by atoms with van der Waals surface area (Å²) in [5.41, 5.74) is 7.94. The summed E-state index contributed by atoms with van der Waals surface area (Å²) in [7, 11) is 0. The van der Waals surface area contributed by atoms with Gasteiger partial charge in [0.2, 0.25) is 5.95 Å². The van der Waals surface area contributed by atoms with Gasteiger partial charge >= 0.3 is 5.97 Å². The van der Waals surface area contributed by atoms with E-state index in [0.717, 1.165) is 11.0 Å². The third-order valence-corrected chi connectivity index (χ3v) is 3.41. The summed E-state index contributed by atoms with van der Waals surface area (Å²) in [6.45, 7) is 0. The van der Waals surface area contributed by atoms with Crippen LogP contribution in [0, 0.1) is 0 Å². The van der Waals surface area contributed by atoms with Crippen LogP contribution in [0.2, 0.25) is 0 Å². The van der Waals surface area contributed by atoms with Gasteiger partial charge in [-0.1, -0.05) is 12.1 Å². The van der Waals surface area contributed by atoms with Crippen molar-refractivity contribution in [3.8, 4) is 5.69 Å². The van der Waals surface area contributed by atoms with Crippen molar-refractivity contribution in [2.24, 2.45) is 0 Å². The lowest BCUT2D eigenvalue weighted by Crippen LogP contribution is -2.12. The van der Waals surface area contributed by atoms with Gasteiger partial charge in [-0.3, -0.25) is 4.57 Å². The SMILES string of the molecule is Nc1nc2ccc(-n3cnc4ccccc43)c(C(=O)O)n2n1. The van der Waals surface area contributed by atoms with Crippen LogP contribution in [0.3, 0.4) is 0 Å². The Labute approximate surface area is 123 Å². The van der Waals surface area contributed by atoms with E-state index in [1.54, 1.807) is 23.0 Å². The molecule has 0 saturated carbocycles. The minimum Gasteiger partial charge on any atom is -0.476 e. The van der Waals surface area contributed by atoms with Crippen LogP contribution in [0.4, 0.5) is 5.95 Å². The predicted octanol–water partition coefficient (Wildman–Crippen LogP) is 1.35. The number of hydrogen-bond acceptors (Lipinski definition) is 5. The molecule has 0 unspecified atom stereocenters. The molecule has 0 radical (unpaired) electrons. The van der Waals surface area contributed by atoms with Crippen molar-refractivity contribution in [3.05, 3.63) is 48.4 Å². The number of fused-ring (bicyclic) bond motifs is 2. The van der Waals surface area contributed by atoms with Crippen LogP contribution >= 0.6 is 0 Å². The molecular formula is C14H10N6O2. The average Bonchev–Trinajstić information content (AvgIpc) is 3.07. The van der Waals surface area contributed by atoms with Gasteiger partial charge in [0.25, 0.3) is 0 Å². The van der Waals surface area contributed by atoms with Crippen molar-refractivity contribution in [2.45, 2.75) is 0 Å². The van der Waals surface area contributed by atoms with Gasteiger partial charge in [-0.15, -0.1) is 5.10 Å². The highest BCUT2D eigenvalue weighted by molar-refractivity contribution is 5.92. The van der Waals surface area contributed by atoms with Gasteiger partial charge < -0.3 is 10.8 Å². The second-order valence-corrected chi connectivity index (χ2v) is 4.72. The summed E-state index contributed by atoms with van der Waals surface area (Å²) < 4.78 is 2.93. The molecule has 4 rings (SSSR count). The standard InChI is InChI=1S/C14H10N6O2/c15-14-17-11-6-5-10(12(13(21)22)20(11)18-14)19-7-16-8-3-1-2-4-9(8)19/h1-7H,(H2,15,18)(H,21,22). The number of anilines is 1. The fourth-order valence-corrected chi connectivity index (χ4v) is 2.50. The van der Waals surface area contributed by atoms with E-state index in [2.05, 4.69) is 15.1 Å². The Hall–Kier alpha value is -3.42. The summed E-state index contributed by atoms with van der Waals surface area (Å²) >= 11 is 0. The smallest absolute Gasteiger partial charge is 0.356 e. The number of aromatic nitrogens is 5. The summed E-state index contributed by atoms with van der Waals surface area (Å²) in [5, 5.41) is 13.5. The quantitative estimate of drug-likeness (QED) is 0.577. The zero-order valence-corrected chi connectivity index (χ0v) is 11.2. The van der Waals surface area contributed by atoms with Crippen LogP contribution in [-0.2, 0) is 0 Å². The molecule has 0 atom stereocenters. The second-order valence-electron chi connectivity index (χ2n) is 4.72. The molecule has 0 bridgehead atoms. The van der Waals surface area contributed by atoms with Crippen LogP contribution in [0.1, 0.15) is 10.5 Å². The molecule has 0 amide bonds. The Balaban J connectivity index is 2.10. The molecule has 3 heterocycles. The van der Waals surface area contributed by atoms with Crippen LogP contribution in [-0.4, -0.2) is 35.2 Å². The maximum Gasteiger partial charge on any atom is 0.356 e. The lowest BCUT2D eigenvalue weighted by atomic mass is 10.2. The Morgan fingerprint density at radius 2 is 2.00 bits per heavy atom. The Kier molecular flexibility index (Phi) is 2.40. The fourth-order valence-electron chi connectivity index (χ4n) is 2.50. The highest BCUT2D eigenvalue weighted by atomic mass is 16.4. The van der Waals surface area contributed by atoms with Crippen molar-refractivity contribution < 1.29 is 9.90 Å². The third kappa shape index (κ3) is 1.64. The van der Waals surface area contributed by atoms with Crippen molar-refractivity contribution in [2.75, 3.05) is 5.73 Å². The maximum absolute atomic E-state index is 11.7. The molecular weight excluding hydrogens is 284 g/mol. The number of hydrogen-bond donors (Lipinski definition) is 2.